The fourth-order valence-electron chi connectivity index (χ4n) is 4.45. The van der Waals surface area contributed by atoms with Gasteiger partial charge in [0.2, 0.25) is 5.91 Å². The molecule has 0 aromatic heterocycles. The molecule has 2 amide bonds. The predicted molar refractivity (Wildman–Crippen MR) is 153 cm³/mol. The Hall–Kier alpha value is -4.46. The van der Waals surface area contributed by atoms with E-state index in [1.165, 1.54) is 4.90 Å². The Morgan fingerprint density at radius 1 is 0.750 bits per heavy atom. The molecule has 4 rings (SSSR count). The van der Waals surface area contributed by atoms with Crippen LogP contribution >= 0.6 is 0 Å². The lowest BCUT2D eigenvalue weighted by Gasteiger charge is -2.30. The number of amides is 2. The molecule has 7 heteroatoms. The minimum Gasteiger partial charge on any atom is -0.493 e. The maximum atomic E-state index is 13.8. The molecule has 3 N–H and O–H groups in total. The number of nitrogens with zero attached hydrogens (tertiary/aromatic N) is 1. The summed E-state index contributed by atoms with van der Waals surface area (Å²) in [6.45, 7) is 0.598. The fraction of sp³-hybridized carbons (Fsp3) is 0.212. The number of carbonyl (C=O) groups excluding carboxylic acids is 2. The second-order valence-electron chi connectivity index (χ2n) is 9.47. The Bertz CT molecular complexity index is 1360. The van der Waals surface area contributed by atoms with Gasteiger partial charge in [0.05, 0.1) is 6.61 Å². The summed E-state index contributed by atoms with van der Waals surface area (Å²) in [7, 11) is 0. The molecule has 0 fully saturated rings. The number of aliphatic hydroxyl groups excluding tert-OH is 1. The first-order valence-corrected chi connectivity index (χ1v) is 13.4. The van der Waals surface area contributed by atoms with E-state index in [9.17, 15) is 14.7 Å². The van der Waals surface area contributed by atoms with Crippen LogP contribution in [-0.2, 0) is 11.3 Å². The molecule has 4 aromatic carbocycles. The molecular formula is C33H34N2O5. The number of aliphatic hydroxyl groups is 1. The van der Waals surface area contributed by atoms with E-state index in [0.29, 0.717) is 36.3 Å². The Balaban J connectivity index is 1.51. The fourth-order valence-corrected chi connectivity index (χ4v) is 4.45. The Morgan fingerprint density at radius 2 is 1.38 bits per heavy atom. The van der Waals surface area contributed by atoms with E-state index in [0.717, 1.165) is 23.1 Å². The molecule has 0 saturated heterocycles. The van der Waals surface area contributed by atoms with Gasteiger partial charge in [0.15, 0.2) is 6.23 Å². The summed E-state index contributed by atoms with van der Waals surface area (Å²) in [5.74, 6) is -0.214. The molecule has 0 aliphatic heterocycles. The molecule has 0 aliphatic rings. The van der Waals surface area contributed by atoms with Gasteiger partial charge in [-0.3, -0.25) is 14.8 Å². The largest absolute Gasteiger partial charge is 0.493 e. The summed E-state index contributed by atoms with van der Waals surface area (Å²) < 4.78 is 5.99. The van der Waals surface area contributed by atoms with E-state index < -0.39 is 12.1 Å². The van der Waals surface area contributed by atoms with Gasteiger partial charge >= 0.3 is 0 Å². The van der Waals surface area contributed by atoms with Crippen LogP contribution in [0.4, 0.5) is 0 Å². The van der Waals surface area contributed by atoms with Gasteiger partial charge in [-0.05, 0) is 54.2 Å². The van der Waals surface area contributed by atoms with Crippen LogP contribution in [0.5, 0.6) is 5.75 Å². The lowest BCUT2D eigenvalue weighted by Crippen LogP contribution is -2.34. The third-order valence-electron chi connectivity index (χ3n) is 6.62. The molecule has 0 aliphatic carbocycles. The van der Waals surface area contributed by atoms with E-state index in [4.69, 9.17) is 9.94 Å². The van der Waals surface area contributed by atoms with Crippen LogP contribution in [0.15, 0.2) is 109 Å². The predicted octanol–water partition coefficient (Wildman–Crippen LogP) is 6.13. The lowest BCUT2D eigenvalue weighted by atomic mass is 10.0. The molecule has 1 atom stereocenters. The van der Waals surface area contributed by atoms with Crippen LogP contribution in [-0.4, -0.2) is 33.6 Å². The maximum Gasteiger partial charge on any atom is 0.256 e. The number of para-hydroxylation sites is 1. The second kappa shape index (κ2) is 14.6. The van der Waals surface area contributed by atoms with Crippen molar-refractivity contribution in [2.75, 3.05) is 6.61 Å². The monoisotopic (exact) mass is 538 g/mol. The van der Waals surface area contributed by atoms with Gasteiger partial charge in [-0.1, -0.05) is 91.0 Å². The van der Waals surface area contributed by atoms with Crippen LogP contribution < -0.4 is 10.2 Å². The van der Waals surface area contributed by atoms with Gasteiger partial charge in [-0.2, -0.15) is 0 Å². The van der Waals surface area contributed by atoms with Crippen LogP contribution in [0.2, 0.25) is 0 Å². The number of hydroxylamine groups is 1. The number of ether oxygens (including phenoxy) is 1. The molecule has 0 spiro atoms. The summed E-state index contributed by atoms with van der Waals surface area (Å²) in [6, 6.07) is 34.1. The third kappa shape index (κ3) is 7.79. The van der Waals surface area contributed by atoms with Gasteiger partial charge in [0.25, 0.3) is 5.91 Å². The lowest BCUT2D eigenvalue weighted by molar-refractivity contribution is -0.129. The van der Waals surface area contributed by atoms with Crippen molar-refractivity contribution in [3.8, 4) is 16.9 Å². The van der Waals surface area contributed by atoms with Crippen molar-refractivity contribution >= 4 is 11.8 Å². The van der Waals surface area contributed by atoms with Gasteiger partial charge in [-0.25, -0.2) is 5.48 Å². The van der Waals surface area contributed by atoms with Crippen molar-refractivity contribution in [2.24, 2.45) is 0 Å². The third-order valence-corrected chi connectivity index (χ3v) is 6.62. The van der Waals surface area contributed by atoms with Crippen molar-refractivity contribution in [1.29, 1.82) is 0 Å². The number of rotatable bonds is 13. The molecule has 0 bridgehead atoms. The topological polar surface area (TPSA) is 99.1 Å². The first-order chi connectivity index (χ1) is 19.6. The average molecular weight is 539 g/mol. The van der Waals surface area contributed by atoms with Crippen LogP contribution in [0.3, 0.4) is 0 Å². The van der Waals surface area contributed by atoms with E-state index in [2.05, 4.69) is 0 Å². The zero-order chi connectivity index (χ0) is 28.2. The zero-order valence-electron chi connectivity index (χ0n) is 22.3. The second-order valence-corrected chi connectivity index (χ2v) is 9.47. The highest BCUT2D eigenvalue weighted by atomic mass is 16.5. The Morgan fingerprint density at radius 3 is 2.08 bits per heavy atom. The summed E-state index contributed by atoms with van der Waals surface area (Å²) in [5.41, 5.74) is 5.55. The summed E-state index contributed by atoms with van der Waals surface area (Å²) in [5, 5.41) is 20.2. The SMILES string of the molecule is O=C(CCCCCOc1ccccc1C(O)N(Cc1ccccc1)C(=O)c1ccc(-c2ccccc2)cc1)NO. The molecule has 4 aromatic rings. The molecule has 0 saturated carbocycles. The van der Waals surface area contributed by atoms with Gasteiger partial charge < -0.3 is 14.7 Å². The Labute approximate surface area is 234 Å². The zero-order valence-corrected chi connectivity index (χ0v) is 22.3. The standard InChI is InChI=1S/C33H34N2O5/c36-31(34-39)18-8-3-11-23-40-30-17-10-9-16-29(30)33(38)35(24-25-12-4-1-5-13-25)32(37)28-21-19-27(20-22-28)26-14-6-2-7-15-26/h1-2,4-7,9-10,12-17,19-22,33,38-39H,3,8,11,18,23-24H2,(H,34,36). The molecule has 7 nitrogen and oxygen atoms in total. The van der Waals surface area contributed by atoms with E-state index in [-0.39, 0.29) is 18.9 Å². The van der Waals surface area contributed by atoms with Crippen LogP contribution in [0.25, 0.3) is 11.1 Å². The highest BCUT2D eigenvalue weighted by molar-refractivity contribution is 5.95. The number of hydrogen-bond acceptors (Lipinski definition) is 5. The van der Waals surface area contributed by atoms with Crippen molar-refractivity contribution in [3.63, 3.8) is 0 Å². The molecular weight excluding hydrogens is 504 g/mol. The summed E-state index contributed by atoms with van der Waals surface area (Å²) in [6.07, 6.45) is 1.07. The number of nitrogens with one attached hydrogen (secondary N) is 1. The molecule has 40 heavy (non-hydrogen) atoms. The number of benzene rings is 4. The van der Waals surface area contributed by atoms with Gasteiger partial charge in [0.1, 0.15) is 5.75 Å². The summed E-state index contributed by atoms with van der Waals surface area (Å²) >= 11 is 0. The van der Waals surface area contributed by atoms with Crippen molar-refractivity contribution in [2.45, 2.75) is 38.5 Å². The van der Waals surface area contributed by atoms with Gasteiger partial charge in [0, 0.05) is 24.1 Å². The number of hydrogen-bond donors (Lipinski definition) is 3. The average Bonchev–Trinajstić information content (AvgIpc) is 3.02. The Kier molecular flexibility index (Phi) is 10.4. The quantitative estimate of drug-likeness (QED) is 0.0823. The first-order valence-electron chi connectivity index (χ1n) is 13.4. The molecule has 1 unspecified atom stereocenters. The summed E-state index contributed by atoms with van der Waals surface area (Å²) in [4.78, 5) is 26.4. The van der Waals surface area contributed by atoms with E-state index in [1.807, 2.05) is 78.9 Å². The maximum absolute atomic E-state index is 13.8. The number of carbonyl (C=O) groups is 2. The van der Waals surface area contributed by atoms with Crippen molar-refractivity contribution in [3.05, 3.63) is 126 Å². The minimum atomic E-state index is -1.24. The highest BCUT2D eigenvalue weighted by Crippen LogP contribution is 2.31. The van der Waals surface area contributed by atoms with Crippen molar-refractivity contribution < 1.29 is 24.6 Å². The van der Waals surface area contributed by atoms with E-state index >= 15 is 0 Å². The van der Waals surface area contributed by atoms with Crippen LogP contribution in [0.1, 0.15) is 53.4 Å². The first kappa shape index (κ1) is 28.5. The normalized spacial score (nSPS) is 11.4. The molecule has 0 radical (unpaired) electrons. The smallest absolute Gasteiger partial charge is 0.256 e. The van der Waals surface area contributed by atoms with Crippen LogP contribution in [0, 0.1) is 0 Å². The highest BCUT2D eigenvalue weighted by Gasteiger charge is 2.27. The minimum absolute atomic E-state index is 0.211. The van der Waals surface area contributed by atoms with Crippen molar-refractivity contribution in [1.82, 2.24) is 10.4 Å². The van der Waals surface area contributed by atoms with Gasteiger partial charge in [-0.15, -0.1) is 0 Å². The molecule has 0 heterocycles. The number of unbranched alkanes of at least 4 members (excludes halogenated alkanes) is 2. The van der Waals surface area contributed by atoms with E-state index in [1.54, 1.807) is 35.8 Å². The molecule has 206 valence electrons.